The Balaban J connectivity index is 1.96. The summed E-state index contributed by atoms with van der Waals surface area (Å²) >= 11 is 2.53. The van der Waals surface area contributed by atoms with Crippen LogP contribution in [0, 0.1) is 5.41 Å². The van der Waals surface area contributed by atoms with Crippen LogP contribution in [-0.2, 0) is 5.41 Å². The summed E-state index contributed by atoms with van der Waals surface area (Å²) in [5.41, 5.74) is 5.77. The van der Waals surface area contributed by atoms with Gasteiger partial charge in [0.15, 0.2) is 0 Å². The van der Waals surface area contributed by atoms with Gasteiger partial charge in [-0.05, 0) is 34.1 Å². The van der Waals surface area contributed by atoms with Gasteiger partial charge in [0, 0.05) is 11.3 Å². The van der Waals surface area contributed by atoms with E-state index >= 15 is 0 Å². The minimum Gasteiger partial charge on any atom is -0.159 e. The highest BCUT2D eigenvalue weighted by Gasteiger charge is 2.36. The van der Waals surface area contributed by atoms with Crippen LogP contribution in [0.25, 0.3) is 0 Å². The molecule has 30 heavy (non-hydrogen) atoms. The molecule has 0 aliphatic carbocycles. The summed E-state index contributed by atoms with van der Waals surface area (Å²) in [6, 6.07) is 31.2. The van der Waals surface area contributed by atoms with Crippen molar-refractivity contribution in [2.75, 3.05) is 0 Å². The predicted molar refractivity (Wildman–Crippen MR) is 146 cm³/mol. The lowest BCUT2D eigenvalue weighted by Gasteiger charge is -2.39. The summed E-state index contributed by atoms with van der Waals surface area (Å²) in [6.07, 6.45) is 2.30. The van der Waals surface area contributed by atoms with Crippen LogP contribution >= 0.6 is 31.5 Å². The molecule has 156 valence electrons. The molecule has 0 nitrogen and oxygen atoms in total. The van der Waals surface area contributed by atoms with E-state index in [1.165, 1.54) is 28.6 Å². The third-order valence-corrected chi connectivity index (χ3v) is 7.01. The number of hydrogen-bond donors (Lipinski definition) is 0. The van der Waals surface area contributed by atoms with Gasteiger partial charge in [-0.3, -0.25) is 0 Å². The molecule has 0 radical (unpaired) electrons. The van der Waals surface area contributed by atoms with Crippen LogP contribution in [0.3, 0.4) is 0 Å². The third-order valence-electron chi connectivity index (χ3n) is 6.34. The van der Waals surface area contributed by atoms with Crippen molar-refractivity contribution in [2.24, 2.45) is 5.41 Å². The van der Waals surface area contributed by atoms with Crippen LogP contribution in [-0.4, -0.2) is 4.29 Å². The fraction of sp³-hybridized carbons (Fsp3) is 0.333. The Morgan fingerprint density at radius 1 is 0.767 bits per heavy atom. The maximum absolute atomic E-state index is 2.96. The van der Waals surface area contributed by atoms with E-state index in [2.05, 4.69) is 144 Å². The quantitative estimate of drug-likeness (QED) is 0.157. The number of hydrogen-bond acceptors (Lipinski definition) is 0. The zero-order chi connectivity index (χ0) is 21.8. The lowest BCUT2D eigenvalue weighted by molar-refractivity contribution is 0.299. The Labute approximate surface area is 199 Å². The normalized spacial score (nSPS) is 14.7. The van der Waals surface area contributed by atoms with Crippen molar-refractivity contribution in [3.63, 3.8) is 0 Å². The number of halogens is 1. The largest absolute Gasteiger partial charge is 0.240 e. The van der Waals surface area contributed by atoms with Crippen molar-refractivity contribution in [3.8, 4) is 0 Å². The summed E-state index contributed by atoms with van der Waals surface area (Å²) in [5.74, 6) is 0.400. The molecule has 0 amide bonds. The highest BCUT2D eigenvalue weighted by atomic mass is 127. The maximum Gasteiger partial charge on any atom is 0.240 e. The Hall–Kier alpha value is -1.12. The smallest absolute Gasteiger partial charge is 0.159 e. The molecule has 3 rings (SSSR count). The van der Waals surface area contributed by atoms with Gasteiger partial charge < -0.3 is 0 Å². The van der Waals surface area contributed by atoms with Gasteiger partial charge in [0.1, 0.15) is 0 Å². The monoisotopic (exact) mass is 526 g/mol. The number of rotatable bonds is 8. The van der Waals surface area contributed by atoms with Gasteiger partial charge in [0.2, 0.25) is 4.29 Å². The van der Waals surface area contributed by atoms with E-state index in [0.717, 1.165) is 6.42 Å². The lowest BCUT2D eigenvalue weighted by atomic mass is 9.63. The molecule has 0 saturated carbocycles. The molecule has 0 aromatic heterocycles. The Morgan fingerprint density at radius 2 is 1.23 bits per heavy atom. The molecule has 3 unspecified atom stereocenters. The van der Waals surface area contributed by atoms with Gasteiger partial charge in [-0.2, -0.15) is 9.12 Å². The molecule has 0 N–H and O–H groups in total. The molecule has 3 aromatic carbocycles. The summed E-state index contributed by atoms with van der Waals surface area (Å²) < 4.78 is 0.590. The second kappa shape index (κ2) is 10.0. The topological polar surface area (TPSA) is 0 Å². The van der Waals surface area contributed by atoms with E-state index in [0.29, 0.717) is 10.2 Å². The molecule has 0 bridgehead atoms. The van der Waals surface area contributed by atoms with Crippen molar-refractivity contribution in [3.05, 3.63) is 107 Å². The minimum atomic E-state index is -0.0184. The fourth-order valence-electron chi connectivity index (χ4n) is 4.81. The first-order chi connectivity index (χ1) is 14.2. The van der Waals surface area contributed by atoms with Crippen LogP contribution in [0.5, 0.6) is 0 Å². The van der Waals surface area contributed by atoms with Gasteiger partial charge in [0.05, 0.1) is 0 Å². The van der Waals surface area contributed by atoms with E-state index in [4.69, 9.17) is 0 Å². The Morgan fingerprint density at radius 3 is 1.77 bits per heavy atom. The molecule has 3 atom stereocenters. The average molecular weight is 526 g/mol. The van der Waals surface area contributed by atoms with Gasteiger partial charge in [-0.25, -0.2) is 0 Å². The molecule has 0 fully saturated rings. The SMILES string of the molecule is CC(c1ccccc1)c1ccc(C(C)(CC(C)(C)CB(P)I)c2ccccc2)cc1. The predicted octanol–water partition coefficient (Wildman–Crippen LogP) is 8.36. The fourth-order valence-corrected chi connectivity index (χ4v) is 6.64. The number of benzene rings is 3. The minimum absolute atomic E-state index is 0.0184. The summed E-state index contributed by atoms with van der Waals surface area (Å²) in [7, 11) is 2.96. The first-order valence-corrected chi connectivity index (χ1v) is 12.7. The zero-order valence-corrected chi connectivity index (χ0v) is 21.9. The lowest BCUT2D eigenvalue weighted by Crippen LogP contribution is -2.32. The first kappa shape index (κ1) is 23.5. The van der Waals surface area contributed by atoms with Crippen LogP contribution in [0.4, 0.5) is 0 Å². The second-order valence-corrected chi connectivity index (χ2v) is 13.3. The molecule has 0 heterocycles. The van der Waals surface area contributed by atoms with E-state index < -0.39 is 0 Å². The Bertz CT molecular complexity index is 922. The Kier molecular flexibility index (Phi) is 7.85. The first-order valence-electron chi connectivity index (χ1n) is 10.8. The van der Waals surface area contributed by atoms with E-state index in [1.807, 2.05) is 0 Å². The van der Waals surface area contributed by atoms with Gasteiger partial charge in [-0.15, -0.1) is 22.4 Å². The highest BCUT2D eigenvalue weighted by molar-refractivity contribution is 14.1. The molecule has 0 saturated heterocycles. The third kappa shape index (κ3) is 5.77. The van der Waals surface area contributed by atoms with E-state index in [1.54, 1.807) is 0 Å². The van der Waals surface area contributed by atoms with Crippen molar-refractivity contribution >= 4 is 35.8 Å². The van der Waals surface area contributed by atoms with Crippen molar-refractivity contribution in [2.45, 2.75) is 51.8 Å². The van der Waals surface area contributed by atoms with E-state index in [9.17, 15) is 0 Å². The molecule has 0 aliphatic heterocycles. The van der Waals surface area contributed by atoms with Crippen LogP contribution in [0.2, 0.25) is 6.32 Å². The van der Waals surface area contributed by atoms with Crippen LogP contribution in [0.15, 0.2) is 84.9 Å². The van der Waals surface area contributed by atoms with Gasteiger partial charge in [0.25, 0.3) is 0 Å². The van der Waals surface area contributed by atoms with Crippen molar-refractivity contribution < 1.29 is 0 Å². The second-order valence-electron chi connectivity index (χ2n) is 9.51. The molecular weight excluding hydrogens is 493 g/mol. The van der Waals surface area contributed by atoms with Crippen LogP contribution in [0.1, 0.15) is 62.3 Å². The zero-order valence-electron chi connectivity index (χ0n) is 18.6. The van der Waals surface area contributed by atoms with E-state index in [-0.39, 0.29) is 10.8 Å². The summed E-state index contributed by atoms with van der Waals surface area (Å²) in [4.78, 5) is 0. The van der Waals surface area contributed by atoms with Gasteiger partial charge in [-0.1, -0.05) is 119 Å². The standard InChI is InChI=1S/C27H33BIP/c1-21(22-11-7-5-8-12-22)23-15-17-25(18-16-23)27(4,24-13-9-6-10-14-24)19-26(2,3)20-28(29)30/h5-18,21H,19-20,30H2,1-4H3. The van der Waals surface area contributed by atoms with Crippen molar-refractivity contribution in [1.29, 1.82) is 0 Å². The highest BCUT2D eigenvalue weighted by Crippen LogP contribution is 2.45. The average Bonchev–Trinajstić information content (AvgIpc) is 2.73. The van der Waals surface area contributed by atoms with Crippen molar-refractivity contribution in [1.82, 2.24) is 0 Å². The molecule has 3 heteroatoms. The molecular formula is C27H33BIP. The summed E-state index contributed by atoms with van der Waals surface area (Å²) in [5, 5.41) is 0. The maximum atomic E-state index is 2.96. The van der Waals surface area contributed by atoms with Crippen LogP contribution < -0.4 is 0 Å². The summed E-state index contributed by atoms with van der Waals surface area (Å²) in [6.45, 7) is 9.54. The molecule has 0 spiro atoms. The van der Waals surface area contributed by atoms with Gasteiger partial charge >= 0.3 is 0 Å². The molecule has 0 aliphatic rings. The molecule has 3 aromatic rings.